The number of halogens is 2. The molecule has 1 fully saturated rings. The number of amides is 1. The molecule has 0 radical (unpaired) electrons. The highest BCUT2D eigenvalue weighted by Gasteiger charge is 2.41. The van der Waals surface area contributed by atoms with Crippen LogP contribution in [-0.2, 0) is 15.0 Å². The number of carbonyl (C=O) groups is 1. The number of rotatable bonds is 4. The van der Waals surface area contributed by atoms with Crippen molar-refractivity contribution in [2.24, 2.45) is 0 Å². The molecule has 0 spiro atoms. The Hall–Kier alpha value is -2.44. The number of likely N-dealkylation sites (N-methyl/N-ethyl adjacent to an activating group) is 1. The van der Waals surface area contributed by atoms with Gasteiger partial charge in [0.05, 0.1) is 21.6 Å². The minimum Gasteiger partial charge on any atom is -0.325 e. The molecule has 162 valence electrons. The second kappa shape index (κ2) is 8.60. The molecule has 0 bridgehead atoms. The molecule has 1 aromatic carbocycles. The number of aromatic nitrogens is 2. The van der Waals surface area contributed by atoms with Crippen molar-refractivity contribution in [1.29, 1.82) is 0 Å². The quantitative estimate of drug-likeness (QED) is 0.595. The van der Waals surface area contributed by atoms with Crippen LogP contribution in [0.15, 0.2) is 48.8 Å². The minimum atomic E-state index is -3.93. The summed E-state index contributed by atoms with van der Waals surface area (Å²) in [4.78, 5) is 22.3. The summed E-state index contributed by atoms with van der Waals surface area (Å²) in [5.74, 6) is -1.17. The first kappa shape index (κ1) is 21.8. The smallest absolute Gasteiger partial charge is 0.280 e. The standard InChI is InChI=1S/C19H17ClFN5O3S2/c1-26-16(18(27)24-11-5-6-13(21)12(20)8-11)9-15(25-31(26,28)29)19-23-10-17(30-19)14-4-2-3-7-22-14/h2-8,10,15-16,25H,9H2,1H3,(H,24,27). The maximum atomic E-state index is 13.4. The molecule has 1 saturated heterocycles. The van der Waals surface area contributed by atoms with Crippen LogP contribution in [0.25, 0.3) is 10.6 Å². The largest absolute Gasteiger partial charge is 0.325 e. The molecule has 8 nitrogen and oxygen atoms in total. The summed E-state index contributed by atoms with van der Waals surface area (Å²) in [5, 5.41) is 2.98. The monoisotopic (exact) mass is 481 g/mol. The van der Waals surface area contributed by atoms with Crippen LogP contribution in [-0.4, -0.2) is 41.7 Å². The van der Waals surface area contributed by atoms with Crippen LogP contribution < -0.4 is 10.0 Å². The van der Waals surface area contributed by atoms with E-state index in [0.29, 0.717) is 5.01 Å². The highest BCUT2D eigenvalue weighted by molar-refractivity contribution is 7.87. The third kappa shape index (κ3) is 4.60. The number of nitrogens with zero attached hydrogens (tertiary/aromatic N) is 3. The first-order chi connectivity index (χ1) is 14.7. The first-order valence-corrected chi connectivity index (χ1v) is 11.8. The maximum Gasteiger partial charge on any atom is 0.280 e. The summed E-state index contributed by atoms with van der Waals surface area (Å²) in [6.45, 7) is 0. The molecule has 4 rings (SSSR count). The summed E-state index contributed by atoms with van der Waals surface area (Å²) >= 11 is 7.06. The van der Waals surface area contributed by atoms with Gasteiger partial charge in [-0.1, -0.05) is 17.7 Å². The predicted molar refractivity (Wildman–Crippen MR) is 116 cm³/mol. The van der Waals surface area contributed by atoms with Crippen molar-refractivity contribution in [3.8, 4) is 10.6 Å². The van der Waals surface area contributed by atoms with Gasteiger partial charge < -0.3 is 5.32 Å². The average Bonchev–Trinajstić information content (AvgIpc) is 3.23. The van der Waals surface area contributed by atoms with Gasteiger partial charge in [-0.25, -0.2) is 9.37 Å². The van der Waals surface area contributed by atoms with Crippen molar-refractivity contribution in [2.75, 3.05) is 12.4 Å². The van der Waals surface area contributed by atoms with Gasteiger partial charge in [-0.2, -0.15) is 17.4 Å². The van der Waals surface area contributed by atoms with Crippen LogP contribution in [0.4, 0.5) is 10.1 Å². The fraction of sp³-hybridized carbons (Fsp3) is 0.211. The predicted octanol–water partition coefficient (Wildman–Crippen LogP) is 3.22. The number of hydrogen-bond acceptors (Lipinski definition) is 6. The summed E-state index contributed by atoms with van der Waals surface area (Å²) in [6.07, 6.45) is 3.45. The van der Waals surface area contributed by atoms with Crippen molar-refractivity contribution < 1.29 is 17.6 Å². The molecular weight excluding hydrogens is 465 g/mol. The average molecular weight is 482 g/mol. The van der Waals surface area contributed by atoms with Gasteiger partial charge >= 0.3 is 0 Å². The molecule has 3 heterocycles. The second-order valence-corrected chi connectivity index (χ2v) is 10.1. The Morgan fingerprint density at radius 1 is 1.32 bits per heavy atom. The van der Waals surface area contributed by atoms with Crippen molar-refractivity contribution in [3.05, 3.63) is 64.6 Å². The normalized spacial score (nSPS) is 21.0. The van der Waals surface area contributed by atoms with Gasteiger partial charge in [0.15, 0.2) is 0 Å². The van der Waals surface area contributed by atoms with E-state index in [9.17, 15) is 17.6 Å². The van der Waals surface area contributed by atoms with E-state index in [4.69, 9.17) is 11.6 Å². The van der Waals surface area contributed by atoms with E-state index >= 15 is 0 Å². The van der Waals surface area contributed by atoms with Gasteiger partial charge in [0.2, 0.25) is 5.91 Å². The van der Waals surface area contributed by atoms with Crippen LogP contribution in [0.1, 0.15) is 17.5 Å². The molecule has 0 aliphatic carbocycles. The molecule has 1 aliphatic rings. The number of anilines is 1. The van der Waals surface area contributed by atoms with Crippen molar-refractivity contribution in [3.63, 3.8) is 0 Å². The summed E-state index contributed by atoms with van der Waals surface area (Å²) < 4.78 is 42.2. The third-order valence-electron chi connectivity index (χ3n) is 4.80. The number of hydrogen-bond donors (Lipinski definition) is 2. The highest BCUT2D eigenvalue weighted by atomic mass is 35.5. The zero-order valence-electron chi connectivity index (χ0n) is 16.1. The third-order valence-corrected chi connectivity index (χ3v) is 7.82. The van der Waals surface area contributed by atoms with E-state index in [0.717, 1.165) is 20.9 Å². The Morgan fingerprint density at radius 2 is 2.13 bits per heavy atom. The number of carbonyl (C=O) groups excluding carboxylic acids is 1. The van der Waals surface area contributed by atoms with E-state index < -0.39 is 34.0 Å². The molecule has 12 heteroatoms. The lowest BCUT2D eigenvalue weighted by molar-refractivity contribution is -0.120. The topological polar surface area (TPSA) is 104 Å². The maximum absolute atomic E-state index is 13.4. The Bertz CT molecular complexity index is 1220. The first-order valence-electron chi connectivity index (χ1n) is 9.13. The van der Waals surface area contributed by atoms with Gasteiger partial charge in [-0.05, 0) is 36.8 Å². The van der Waals surface area contributed by atoms with E-state index in [1.54, 1.807) is 18.5 Å². The van der Waals surface area contributed by atoms with E-state index in [1.807, 2.05) is 12.1 Å². The van der Waals surface area contributed by atoms with Gasteiger partial charge in [0.1, 0.15) is 16.9 Å². The Morgan fingerprint density at radius 3 is 2.84 bits per heavy atom. The number of pyridine rings is 1. The van der Waals surface area contributed by atoms with Crippen LogP contribution in [0.5, 0.6) is 0 Å². The SMILES string of the molecule is CN1C(C(=O)Nc2ccc(F)c(Cl)c2)CC(c2ncc(-c3ccccn3)s2)NS1(=O)=O. The molecule has 2 unspecified atom stereocenters. The Balaban J connectivity index is 1.57. The lowest BCUT2D eigenvalue weighted by Gasteiger charge is -2.35. The highest BCUT2D eigenvalue weighted by Crippen LogP contribution is 2.34. The van der Waals surface area contributed by atoms with Gasteiger partial charge in [0, 0.05) is 25.1 Å². The lowest BCUT2D eigenvalue weighted by atomic mass is 10.1. The molecule has 31 heavy (non-hydrogen) atoms. The van der Waals surface area contributed by atoms with Gasteiger partial charge in [0.25, 0.3) is 10.2 Å². The van der Waals surface area contributed by atoms with E-state index in [-0.39, 0.29) is 17.1 Å². The summed E-state index contributed by atoms with van der Waals surface area (Å²) in [6, 6.07) is 7.54. The zero-order chi connectivity index (χ0) is 22.2. The van der Waals surface area contributed by atoms with E-state index in [1.165, 1.54) is 30.5 Å². The fourth-order valence-electron chi connectivity index (χ4n) is 3.15. The molecule has 2 atom stereocenters. The molecular formula is C19H17ClFN5O3S2. The summed E-state index contributed by atoms with van der Waals surface area (Å²) in [7, 11) is -2.61. The van der Waals surface area contributed by atoms with Crippen LogP contribution in [0.2, 0.25) is 5.02 Å². The van der Waals surface area contributed by atoms with Crippen LogP contribution in [0, 0.1) is 5.82 Å². The van der Waals surface area contributed by atoms with Crippen LogP contribution in [0.3, 0.4) is 0 Å². The molecule has 0 saturated carbocycles. The minimum absolute atomic E-state index is 0.146. The molecule has 3 aromatic rings. The number of benzene rings is 1. The van der Waals surface area contributed by atoms with Gasteiger partial charge in [-0.3, -0.25) is 9.78 Å². The Labute approximate surface area is 187 Å². The number of nitrogens with one attached hydrogen (secondary N) is 2. The van der Waals surface area contributed by atoms with Crippen molar-refractivity contribution >= 4 is 44.7 Å². The lowest BCUT2D eigenvalue weighted by Crippen LogP contribution is -2.55. The molecule has 1 aliphatic heterocycles. The molecule has 2 N–H and O–H groups in total. The van der Waals surface area contributed by atoms with Gasteiger partial charge in [-0.15, -0.1) is 11.3 Å². The zero-order valence-corrected chi connectivity index (χ0v) is 18.5. The molecule has 1 amide bonds. The van der Waals surface area contributed by atoms with E-state index in [2.05, 4.69) is 20.0 Å². The molecule has 2 aromatic heterocycles. The van der Waals surface area contributed by atoms with Crippen molar-refractivity contribution in [1.82, 2.24) is 19.0 Å². The van der Waals surface area contributed by atoms with Crippen molar-refractivity contribution in [2.45, 2.75) is 18.5 Å². The second-order valence-electron chi connectivity index (χ2n) is 6.84. The Kier molecular flexibility index (Phi) is 6.04. The number of thiazole rings is 1. The van der Waals surface area contributed by atoms with Crippen LogP contribution >= 0.6 is 22.9 Å². The summed E-state index contributed by atoms with van der Waals surface area (Å²) in [5.41, 5.74) is 0.994. The fourth-order valence-corrected chi connectivity index (χ4v) is 5.61.